The molecule has 0 atom stereocenters. The molecule has 36 heavy (non-hydrogen) atoms. The summed E-state index contributed by atoms with van der Waals surface area (Å²) >= 11 is 0. The summed E-state index contributed by atoms with van der Waals surface area (Å²) in [4.78, 5) is 40.8. The highest BCUT2D eigenvalue weighted by atomic mass is 32.2. The number of hydrogen-bond acceptors (Lipinski definition) is 10. The van der Waals surface area contributed by atoms with Crippen LogP contribution in [0.15, 0.2) is 47.9 Å². The van der Waals surface area contributed by atoms with Crippen LogP contribution < -0.4 is 15.4 Å². The number of nitrogens with one attached hydrogen (secondary N) is 2. The first-order chi connectivity index (χ1) is 17.3. The molecule has 0 aliphatic rings. The maximum absolute atomic E-state index is 12.5. The maximum Gasteiger partial charge on any atom is 0.251 e. The number of anilines is 2. The largest absolute Gasteiger partial charge is 0.495 e. The molecule has 13 heteroatoms. The molecule has 0 unspecified atom stereocenters. The standard InChI is InChI=1S/C23H23N7O5S/c1-4-36(33,34)22-18(25-7-8-26-22)12-30-16(13-31)9-15-11-27-23(29-20(15)30)28-17-6-5-14(21(32)24-2)10-19(17)35-3/h5-11,13H,4,12H2,1-3H3,(H,24,32)(H,27,28,29). The minimum Gasteiger partial charge on any atom is -0.495 e. The van der Waals surface area contributed by atoms with Gasteiger partial charge in [0, 0.05) is 36.6 Å². The summed E-state index contributed by atoms with van der Waals surface area (Å²) in [5.74, 6) is 0.205. The van der Waals surface area contributed by atoms with E-state index < -0.39 is 9.84 Å². The topological polar surface area (TPSA) is 158 Å². The number of hydrogen-bond donors (Lipinski definition) is 2. The van der Waals surface area contributed by atoms with Crippen LogP contribution in [-0.2, 0) is 16.4 Å². The molecule has 1 amide bonds. The van der Waals surface area contributed by atoms with Crippen molar-refractivity contribution in [2.75, 3.05) is 25.2 Å². The van der Waals surface area contributed by atoms with Crippen LogP contribution in [-0.4, -0.2) is 65.0 Å². The van der Waals surface area contributed by atoms with E-state index in [-0.39, 0.29) is 40.6 Å². The van der Waals surface area contributed by atoms with Crippen molar-refractivity contribution in [3.8, 4) is 5.75 Å². The Morgan fingerprint density at radius 1 is 1.17 bits per heavy atom. The fourth-order valence-corrected chi connectivity index (χ4v) is 4.56. The zero-order valence-electron chi connectivity index (χ0n) is 19.7. The Morgan fingerprint density at radius 2 is 1.94 bits per heavy atom. The molecule has 0 radical (unpaired) electrons. The molecule has 0 aliphatic heterocycles. The van der Waals surface area contributed by atoms with Crippen molar-refractivity contribution >= 4 is 44.7 Å². The fraction of sp³-hybridized carbons (Fsp3) is 0.217. The molecule has 186 valence electrons. The van der Waals surface area contributed by atoms with Crippen molar-refractivity contribution in [1.29, 1.82) is 0 Å². The van der Waals surface area contributed by atoms with Gasteiger partial charge < -0.3 is 19.9 Å². The number of methoxy groups -OCH3 is 1. The number of ether oxygens (including phenoxy) is 1. The van der Waals surface area contributed by atoms with Gasteiger partial charge in [0.15, 0.2) is 21.1 Å². The van der Waals surface area contributed by atoms with Gasteiger partial charge in [0.1, 0.15) is 11.4 Å². The Kier molecular flexibility index (Phi) is 6.92. The van der Waals surface area contributed by atoms with Gasteiger partial charge in [-0.3, -0.25) is 14.6 Å². The summed E-state index contributed by atoms with van der Waals surface area (Å²) in [6, 6.07) is 6.47. The van der Waals surface area contributed by atoms with Crippen LogP contribution in [0.4, 0.5) is 11.6 Å². The molecule has 12 nitrogen and oxygen atoms in total. The summed E-state index contributed by atoms with van der Waals surface area (Å²) in [6.07, 6.45) is 4.90. The number of carbonyl (C=O) groups is 2. The molecule has 1 aromatic carbocycles. The van der Waals surface area contributed by atoms with Gasteiger partial charge in [-0.25, -0.2) is 18.4 Å². The third kappa shape index (κ3) is 4.73. The predicted octanol–water partition coefficient (Wildman–Crippen LogP) is 1.99. The average Bonchev–Trinajstić information content (AvgIpc) is 3.25. The Bertz CT molecular complexity index is 1570. The van der Waals surface area contributed by atoms with Crippen molar-refractivity contribution in [3.05, 3.63) is 59.8 Å². The molecule has 2 N–H and O–H groups in total. The number of nitrogens with zero attached hydrogens (tertiary/aromatic N) is 5. The molecule has 3 aromatic heterocycles. The van der Waals surface area contributed by atoms with Crippen molar-refractivity contribution in [3.63, 3.8) is 0 Å². The molecule has 0 spiro atoms. The van der Waals surface area contributed by atoms with E-state index >= 15 is 0 Å². The zero-order valence-corrected chi connectivity index (χ0v) is 20.5. The summed E-state index contributed by atoms with van der Waals surface area (Å²) in [5, 5.41) is 6.05. The van der Waals surface area contributed by atoms with Crippen LogP contribution in [0, 0.1) is 0 Å². The Labute approximate surface area is 206 Å². The van der Waals surface area contributed by atoms with Crippen LogP contribution in [0.25, 0.3) is 11.0 Å². The molecule has 0 aliphatic carbocycles. The normalized spacial score (nSPS) is 11.3. The van der Waals surface area contributed by atoms with E-state index in [4.69, 9.17) is 4.74 Å². The number of rotatable bonds is 9. The molecule has 0 bridgehead atoms. The summed E-state index contributed by atoms with van der Waals surface area (Å²) in [5.41, 5.74) is 1.79. The summed E-state index contributed by atoms with van der Waals surface area (Å²) in [6.45, 7) is 1.48. The minimum atomic E-state index is -3.64. The van der Waals surface area contributed by atoms with Crippen LogP contribution in [0.2, 0.25) is 0 Å². The molecular formula is C23H23N7O5S. The number of amides is 1. The average molecular weight is 510 g/mol. The number of carbonyl (C=O) groups excluding carboxylic acids is 2. The molecule has 0 saturated heterocycles. The monoisotopic (exact) mass is 509 g/mol. The third-order valence-electron chi connectivity index (χ3n) is 5.44. The Balaban J connectivity index is 1.75. The molecule has 3 heterocycles. The first-order valence-corrected chi connectivity index (χ1v) is 12.5. The lowest BCUT2D eigenvalue weighted by molar-refractivity contribution is 0.0962. The SMILES string of the molecule is CCS(=O)(=O)c1nccnc1Cn1c(C=O)cc2cnc(Nc3ccc(C(=O)NC)cc3OC)nc21. The van der Waals surface area contributed by atoms with E-state index in [9.17, 15) is 18.0 Å². The minimum absolute atomic E-state index is 0.0411. The molecular weight excluding hydrogens is 486 g/mol. The molecule has 0 saturated carbocycles. The molecule has 0 fully saturated rings. The van der Waals surface area contributed by atoms with E-state index in [0.717, 1.165) is 0 Å². The van der Waals surface area contributed by atoms with E-state index in [2.05, 4.69) is 30.6 Å². The maximum atomic E-state index is 12.5. The molecule has 4 rings (SSSR count). The van der Waals surface area contributed by atoms with Crippen molar-refractivity contribution < 1.29 is 22.7 Å². The third-order valence-corrected chi connectivity index (χ3v) is 7.13. The summed E-state index contributed by atoms with van der Waals surface area (Å²) in [7, 11) is -0.625. The highest BCUT2D eigenvalue weighted by Gasteiger charge is 2.22. The van der Waals surface area contributed by atoms with Crippen molar-refractivity contribution in [1.82, 2.24) is 29.8 Å². The van der Waals surface area contributed by atoms with Gasteiger partial charge in [-0.2, -0.15) is 4.98 Å². The van der Waals surface area contributed by atoms with Gasteiger partial charge in [-0.05, 0) is 24.3 Å². The summed E-state index contributed by atoms with van der Waals surface area (Å²) < 4.78 is 32.0. The second-order valence-corrected chi connectivity index (χ2v) is 9.77. The van der Waals surface area contributed by atoms with Crippen LogP contribution in [0.1, 0.15) is 33.5 Å². The van der Waals surface area contributed by atoms with E-state index in [0.29, 0.717) is 34.3 Å². The van der Waals surface area contributed by atoms with Gasteiger partial charge in [0.05, 0.1) is 36.5 Å². The lowest BCUT2D eigenvalue weighted by Crippen LogP contribution is -2.17. The number of sulfone groups is 1. The second-order valence-electron chi connectivity index (χ2n) is 7.58. The first-order valence-electron chi connectivity index (χ1n) is 10.8. The van der Waals surface area contributed by atoms with Gasteiger partial charge in [-0.15, -0.1) is 0 Å². The van der Waals surface area contributed by atoms with Gasteiger partial charge >= 0.3 is 0 Å². The van der Waals surface area contributed by atoms with Gasteiger partial charge in [0.2, 0.25) is 5.95 Å². The highest BCUT2D eigenvalue weighted by Crippen LogP contribution is 2.29. The van der Waals surface area contributed by atoms with Gasteiger partial charge in [0.25, 0.3) is 5.91 Å². The number of aldehydes is 1. The lowest BCUT2D eigenvalue weighted by Gasteiger charge is -2.13. The zero-order chi connectivity index (χ0) is 25.9. The van der Waals surface area contributed by atoms with E-state index in [1.54, 1.807) is 35.0 Å². The van der Waals surface area contributed by atoms with E-state index in [1.165, 1.54) is 33.5 Å². The number of benzene rings is 1. The van der Waals surface area contributed by atoms with Crippen LogP contribution >= 0.6 is 0 Å². The first kappa shape index (κ1) is 24.7. The van der Waals surface area contributed by atoms with Crippen molar-refractivity contribution in [2.24, 2.45) is 0 Å². The van der Waals surface area contributed by atoms with Crippen LogP contribution in [0.3, 0.4) is 0 Å². The fourth-order valence-electron chi connectivity index (χ4n) is 3.59. The molecule has 4 aromatic rings. The number of aromatic nitrogens is 5. The van der Waals surface area contributed by atoms with E-state index in [1.807, 2.05) is 0 Å². The van der Waals surface area contributed by atoms with Gasteiger partial charge in [-0.1, -0.05) is 6.92 Å². The highest BCUT2D eigenvalue weighted by molar-refractivity contribution is 7.91. The van der Waals surface area contributed by atoms with Crippen molar-refractivity contribution in [2.45, 2.75) is 18.5 Å². The predicted molar refractivity (Wildman–Crippen MR) is 131 cm³/mol. The second kappa shape index (κ2) is 10.1. The quantitative estimate of drug-likeness (QED) is 0.320. The lowest BCUT2D eigenvalue weighted by atomic mass is 10.1. The van der Waals surface area contributed by atoms with Crippen LogP contribution in [0.5, 0.6) is 5.75 Å². The smallest absolute Gasteiger partial charge is 0.251 e. The Hall–Kier alpha value is -4.39. The Morgan fingerprint density at radius 3 is 2.64 bits per heavy atom. The number of fused-ring (bicyclic) bond motifs is 1.